The molecule has 3 N–H and O–H groups in total. The van der Waals surface area contributed by atoms with Gasteiger partial charge in [-0.25, -0.2) is 12.1 Å². The molecule has 3 nitrogen and oxygen atoms in total. The summed E-state index contributed by atoms with van der Waals surface area (Å²) in [6.45, 7) is 6.54. The summed E-state index contributed by atoms with van der Waals surface area (Å²) >= 11 is 6.34. The molecular formula is C22H27ClFeN3RuS+. The molecule has 0 saturated carbocycles. The summed E-state index contributed by atoms with van der Waals surface area (Å²) in [7, 11) is 4.57. The molecule has 3 rings (SSSR count). The molecule has 1 aliphatic carbocycles. The minimum absolute atomic E-state index is 0. The SMILES string of the molecule is Cc1ccc(C(C)C)cc1.N/C([S-])=N/NC=C1C=CC=C1.[Cl][Ru+].[Fe+2].c1cc[cH-]c1. The maximum absolute atomic E-state index is 5.11. The number of hydrogen-bond acceptors (Lipinski definition) is 3. The zero-order valence-corrected chi connectivity index (χ0v) is 21.1. The quantitative estimate of drug-likeness (QED) is 0.130. The van der Waals surface area contributed by atoms with Crippen molar-refractivity contribution in [2.75, 3.05) is 0 Å². The van der Waals surface area contributed by atoms with E-state index in [-0.39, 0.29) is 22.2 Å². The first-order valence-corrected chi connectivity index (χ1v) is 11.3. The van der Waals surface area contributed by atoms with E-state index in [9.17, 15) is 0 Å². The van der Waals surface area contributed by atoms with E-state index in [2.05, 4.69) is 77.9 Å². The van der Waals surface area contributed by atoms with Gasteiger partial charge in [-0.2, -0.15) is 23.3 Å². The van der Waals surface area contributed by atoms with Crippen LogP contribution in [0.4, 0.5) is 0 Å². The Bertz CT molecular complexity index is 705. The van der Waals surface area contributed by atoms with Gasteiger partial charge < -0.3 is 18.4 Å². The number of hydrazone groups is 1. The van der Waals surface area contributed by atoms with E-state index in [4.69, 9.17) is 5.73 Å². The van der Waals surface area contributed by atoms with E-state index in [0.717, 1.165) is 5.57 Å². The average Bonchev–Trinajstić information content (AvgIpc) is 3.41. The number of aryl methyl sites for hydroxylation is 1. The first-order valence-electron chi connectivity index (χ1n) is 8.66. The van der Waals surface area contributed by atoms with Crippen LogP contribution in [0.1, 0.15) is 30.9 Å². The number of nitrogens with one attached hydrogen (secondary N) is 1. The fourth-order valence-corrected chi connectivity index (χ4v) is 1.98. The molecular weight excluding hydrogens is 531 g/mol. The van der Waals surface area contributed by atoms with Crippen LogP contribution >= 0.6 is 9.69 Å². The molecule has 0 aliphatic heterocycles. The molecule has 0 fully saturated rings. The molecule has 0 unspecified atom stereocenters. The molecule has 0 spiro atoms. The molecule has 0 bridgehead atoms. The first kappa shape index (κ1) is 29.9. The van der Waals surface area contributed by atoms with Crippen LogP contribution < -0.4 is 11.2 Å². The second kappa shape index (κ2) is 20.0. The van der Waals surface area contributed by atoms with Crippen molar-refractivity contribution in [2.45, 2.75) is 26.7 Å². The van der Waals surface area contributed by atoms with Crippen LogP contribution in [0.5, 0.6) is 0 Å². The minimum Gasteiger partial charge on any atom is -0.214 e. The molecule has 1 aliphatic rings. The molecule has 7 heteroatoms. The van der Waals surface area contributed by atoms with Crippen molar-refractivity contribution in [3.05, 3.63) is 102 Å². The summed E-state index contributed by atoms with van der Waals surface area (Å²) in [6.07, 6.45) is 9.49. The summed E-state index contributed by atoms with van der Waals surface area (Å²) in [5, 5.41) is 3.71. The average molecular weight is 558 g/mol. The standard InChI is InChI=1S/C10H14.C7H9N3S.C5H5.ClH.Fe.Ru/c1-8(2)10-6-4-9(3)5-7-10;8-7(11)10-9-5-6-3-1-2-4-6;1-2-4-5-3-1;;;/h4-8H,1-3H3;1-5,9H,(H3,8,10,11);1-5H;1H;;/q;;-1;;2*+2/p-2. The molecule has 0 atom stereocenters. The Morgan fingerprint density at radius 3 is 2.03 bits per heavy atom. The largest absolute Gasteiger partial charge is 2.00 e. The van der Waals surface area contributed by atoms with Crippen molar-refractivity contribution in [3.63, 3.8) is 0 Å². The maximum Gasteiger partial charge on any atom is 2.00 e. The molecule has 0 radical (unpaired) electrons. The van der Waals surface area contributed by atoms with Crippen molar-refractivity contribution >= 4 is 27.5 Å². The van der Waals surface area contributed by atoms with Crippen molar-refractivity contribution in [2.24, 2.45) is 10.8 Å². The molecule has 158 valence electrons. The normalized spacial score (nSPS) is 11.1. The predicted molar refractivity (Wildman–Crippen MR) is 122 cm³/mol. The number of rotatable bonds is 3. The smallest absolute Gasteiger partial charge is 0.214 e. The summed E-state index contributed by atoms with van der Waals surface area (Å²) in [4.78, 5) is 0. The van der Waals surface area contributed by atoms with Gasteiger partial charge in [0, 0.05) is 6.20 Å². The molecule has 0 saturated heterocycles. The van der Waals surface area contributed by atoms with Crippen LogP contribution in [-0.2, 0) is 47.0 Å². The number of amidine groups is 1. The van der Waals surface area contributed by atoms with E-state index in [1.807, 2.05) is 71.9 Å². The van der Waals surface area contributed by atoms with E-state index < -0.39 is 0 Å². The molecule has 0 amide bonds. The van der Waals surface area contributed by atoms with Gasteiger partial charge in [0.05, 0.1) is 0 Å². The van der Waals surface area contributed by atoms with E-state index in [1.165, 1.54) is 11.1 Å². The summed E-state index contributed by atoms with van der Waals surface area (Å²) < 4.78 is 0. The van der Waals surface area contributed by atoms with Crippen molar-refractivity contribution in [1.82, 2.24) is 5.43 Å². The van der Waals surface area contributed by atoms with Crippen molar-refractivity contribution in [1.29, 1.82) is 0 Å². The van der Waals surface area contributed by atoms with Gasteiger partial charge in [-0.05, 0) is 29.1 Å². The van der Waals surface area contributed by atoms with Gasteiger partial charge in [-0.3, -0.25) is 5.43 Å². The summed E-state index contributed by atoms with van der Waals surface area (Å²) in [5.74, 6) is 0.653. The van der Waals surface area contributed by atoms with Crippen LogP contribution in [0.25, 0.3) is 0 Å². The van der Waals surface area contributed by atoms with Gasteiger partial charge in [0.25, 0.3) is 0 Å². The van der Waals surface area contributed by atoms with Crippen molar-refractivity contribution in [3.8, 4) is 0 Å². The van der Waals surface area contributed by atoms with E-state index in [1.54, 1.807) is 6.20 Å². The second-order valence-corrected chi connectivity index (χ2v) is 6.39. The third kappa shape index (κ3) is 17.3. The van der Waals surface area contributed by atoms with Gasteiger partial charge >= 0.3 is 44.1 Å². The Kier molecular flexibility index (Phi) is 20.6. The fraction of sp³-hybridized carbons (Fsp3) is 0.182. The number of nitrogens with two attached hydrogens (primary N) is 1. The van der Waals surface area contributed by atoms with Crippen LogP contribution in [0, 0.1) is 6.92 Å². The Hall–Kier alpha value is -1.29. The zero-order chi connectivity index (χ0) is 21.2. The second-order valence-electron chi connectivity index (χ2n) is 5.97. The number of halogens is 1. The van der Waals surface area contributed by atoms with Gasteiger partial charge in [-0.15, -0.1) is 0 Å². The first-order chi connectivity index (χ1) is 13.5. The van der Waals surface area contributed by atoms with Gasteiger partial charge in [0.15, 0.2) is 0 Å². The van der Waals surface area contributed by atoms with Crippen LogP contribution in [0.2, 0.25) is 0 Å². The Balaban J connectivity index is 0. The molecule has 2 aromatic rings. The fourth-order valence-electron chi connectivity index (χ4n) is 1.93. The Morgan fingerprint density at radius 2 is 1.66 bits per heavy atom. The summed E-state index contributed by atoms with van der Waals surface area (Å²) in [5.41, 5.74) is 11.5. The number of nitrogens with zero attached hydrogens (tertiary/aromatic N) is 1. The maximum atomic E-state index is 5.11. The van der Waals surface area contributed by atoms with Crippen LogP contribution in [0.3, 0.4) is 0 Å². The number of hydrogen-bond donors (Lipinski definition) is 2. The zero-order valence-electron chi connectivity index (χ0n) is 16.7. The van der Waals surface area contributed by atoms with Crippen molar-refractivity contribution < 1.29 is 34.4 Å². The molecule has 0 aromatic heterocycles. The van der Waals surface area contributed by atoms with Gasteiger partial charge in [-0.1, -0.05) is 68.0 Å². The monoisotopic (exact) mass is 558 g/mol. The molecule has 29 heavy (non-hydrogen) atoms. The summed E-state index contributed by atoms with van der Waals surface area (Å²) in [6, 6.07) is 18.7. The van der Waals surface area contributed by atoms with Gasteiger partial charge in [0.2, 0.25) is 0 Å². The molecule has 0 heterocycles. The van der Waals surface area contributed by atoms with Gasteiger partial charge in [0.1, 0.15) is 0 Å². The minimum atomic E-state index is 0. The third-order valence-electron chi connectivity index (χ3n) is 3.39. The number of benzene rings is 1. The molecule has 2 aromatic carbocycles. The number of allylic oxidation sites excluding steroid dienone is 5. The topological polar surface area (TPSA) is 50.4 Å². The third-order valence-corrected chi connectivity index (χ3v) is 3.49. The Labute approximate surface area is 205 Å². The van der Waals surface area contributed by atoms with Crippen LogP contribution in [0.15, 0.2) is 95.8 Å². The Morgan fingerprint density at radius 1 is 1.14 bits per heavy atom. The van der Waals surface area contributed by atoms with Crippen LogP contribution in [-0.4, -0.2) is 5.17 Å². The van der Waals surface area contributed by atoms with E-state index >= 15 is 0 Å². The predicted octanol–water partition coefficient (Wildman–Crippen LogP) is 5.57. The van der Waals surface area contributed by atoms with E-state index in [0.29, 0.717) is 5.92 Å².